The molecule has 9 nitrogen and oxygen atoms in total. The first kappa shape index (κ1) is 16.5. The molecule has 4 rings (SSSR count). The first-order valence-electron chi connectivity index (χ1n) is 7.96. The lowest BCUT2D eigenvalue weighted by atomic mass is 10.0. The van der Waals surface area contributed by atoms with Gasteiger partial charge in [0, 0.05) is 22.5 Å². The second-order valence-corrected chi connectivity index (χ2v) is 5.71. The Morgan fingerprint density at radius 1 is 1.11 bits per heavy atom. The van der Waals surface area contributed by atoms with Gasteiger partial charge in [0.15, 0.2) is 17.1 Å². The van der Waals surface area contributed by atoms with Crippen LogP contribution in [0, 0.1) is 0 Å². The zero-order valence-corrected chi connectivity index (χ0v) is 13.8. The van der Waals surface area contributed by atoms with Crippen LogP contribution in [0.2, 0.25) is 0 Å². The highest BCUT2D eigenvalue weighted by molar-refractivity contribution is 6.11. The largest absolute Gasteiger partial charge is 0.505 e. The van der Waals surface area contributed by atoms with Gasteiger partial charge in [-0.3, -0.25) is 14.6 Å². The first-order valence-corrected chi connectivity index (χ1v) is 7.96. The first-order chi connectivity index (χ1) is 13.1. The Kier molecular flexibility index (Phi) is 3.88. The molecule has 0 saturated heterocycles. The number of rotatable bonds is 4. The molecule has 9 heteroatoms. The number of aliphatic carboxylic acids is 1. The van der Waals surface area contributed by atoms with Crippen LogP contribution in [0.15, 0.2) is 48.9 Å². The number of aromatic hydroxyl groups is 1. The Balaban J connectivity index is 2.01. The van der Waals surface area contributed by atoms with Crippen molar-refractivity contribution in [2.75, 3.05) is 6.54 Å². The average molecular weight is 363 g/mol. The maximum Gasteiger partial charge on any atom is 0.322 e. The van der Waals surface area contributed by atoms with Gasteiger partial charge >= 0.3 is 5.97 Å². The van der Waals surface area contributed by atoms with Crippen LogP contribution < -0.4 is 5.32 Å². The van der Waals surface area contributed by atoms with Gasteiger partial charge in [0.2, 0.25) is 0 Å². The van der Waals surface area contributed by atoms with Gasteiger partial charge in [-0.1, -0.05) is 24.3 Å². The molecule has 0 unspecified atom stereocenters. The average Bonchev–Trinajstić information content (AvgIpc) is 3.16. The molecule has 0 aliphatic heterocycles. The number of carboxylic acids is 1. The summed E-state index contributed by atoms with van der Waals surface area (Å²) in [5, 5.41) is 26.8. The van der Waals surface area contributed by atoms with Gasteiger partial charge in [-0.15, -0.1) is 0 Å². The van der Waals surface area contributed by atoms with Crippen molar-refractivity contribution in [1.29, 1.82) is 0 Å². The molecule has 3 N–H and O–H groups in total. The number of hydrogen-bond acceptors (Lipinski definition) is 6. The molecule has 4 aromatic rings. The molecular weight excluding hydrogens is 350 g/mol. The fourth-order valence-electron chi connectivity index (χ4n) is 2.97. The smallest absolute Gasteiger partial charge is 0.322 e. The number of nitrogens with zero attached hydrogens (tertiary/aromatic N) is 4. The normalized spacial score (nSPS) is 11.0. The molecule has 3 aromatic heterocycles. The number of carbonyl (C=O) groups is 2. The third kappa shape index (κ3) is 2.71. The summed E-state index contributed by atoms with van der Waals surface area (Å²) in [7, 11) is 0. The van der Waals surface area contributed by atoms with Gasteiger partial charge in [0.05, 0.1) is 5.69 Å². The van der Waals surface area contributed by atoms with Crippen molar-refractivity contribution in [3.63, 3.8) is 0 Å². The summed E-state index contributed by atoms with van der Waals surface area (Å²) in [6.45, 7) is -0.583. The standard InChI is InChI=1S/C18H13N5O4/c24-13(25)8-20-18(27)15-16(26)11-5-3-4-10(12-6-1-2-7-19-12)14(11)17-21-9-22-23(15)17/h1-7,9,26H,8H2,(H,20,27)(H,24,25). The van der Waals surface area contributed by atoms with E-state index >= 15 is 0 Å². The summed E-state index contributed by atoms with van der Waals surface area (Å²) in [6, 6.07) is 10.7. The lowest BCUT2D eigenvalue weighted by Gasteiger charge is -2.13. The van der Waals surface area contributed by atoms with E-state index in [4.69, 9.17) is 5.11 Å². The molecular formula is C18H13N5O4. The lowest BCUT2D eigenvalue weighted by molar-refractivity contribution is -0.135. The molecule has 3 heterocycles. The number of nitrogens with one attached hydrogen (secondary N) is 1. The third-order valence-electron chi connectivity index (χ3n) is 4.08. The van der Waals surface area contributed by atoms with E-state index in [0.29, 0.717) is 22.1 Å². The molecule has 0 aliphatic rings. The summed E-state index contributed by atoms with van der Waals surface area (Å²) in [6.07, 6.45) is 2.92. The highest BCUT2D eigenvalue weighted by atomic mass is 16.4. The second kappa shape index (κ2) is 6.37. The Hall–Kier alpha value is -4.01. The van der Waals surface area contributed by atoms with Crippen molar-refractivity contribution in [3.05, 3.63) is 54.6 Å². The maximum atomic E-state index is 12.4. The van der Waals surface area contributed by atoms with Crippen molar-refractivity contribution in [2.45, 2.75) is 0 Å². The van der Waals surface area contributed by atoms with Crippen LogP contribution in [-0.4, -0.2) is 48.2 Å². The van der Waals surface area contributed by atoms with Gasteiger partial charge in [-0.05, 0) is 12.1 Å². The fraction of sp³-hybridized carbons (Fsp3) is 0.0556. The predicted octanol–water partition coefficient (Wildman–Crippen LogP) is 1.46. The molecule has 1 aromatic carbocycles. The predicted molar refractivity (Wildman–Crippen MR) is 95.4 cm³/mol. The van der Waals surface area contributed by atoms with Crippen LogP contribution in [0.5, 0.6) is 5.75 Å². The number of pyridine rings is 2. The van der Waals surface area contributed by atoms with E-state index in [2.05, 4.69) is 20.4 Å². The van der Waals surface area contributed by atoms with Gasteiger partial charge < -0.3 is 15.5 Å². The molecule has 0 spiro atoms. The van der Waals surface area contributed by atoms with E-state index in [1.807, 2.05) is 18.2 Å². The Bertz CT molecular complexity index is 1190. The topological polar surface area (TPSA) is 130 Å². The molecule has 1 amide bonds. The monoisotopic (exact) mass is 363 g/mol. The summed E-state index contributed by atoms with van der Waals surface area (Å²) in [4.78, 5) is 31.7. The number of carbonyl (C=O) groups excluding carboxylic acids is 1. The van der Waals surface area contributed by atoms with Crippen LogP contribution in [0.3, 0.4) is 0 Å². The number of fused-ring (bicyclic) bond motifs is 3. The van der Waals surface area contributed by atoms with E-state index in [0.717, 1.165) is 5.56 Å². The fourth-order valence-corrected chi connectivity index (χ4v) is 2.97. The Morgan fingerprint density at radius 2 is 1.96 bits per heavy atom. The minimum atomic E-state index is -1.20. The van der Waals surface area contributed by atoms with Gasteiger partial charge in [0.1, 0.15) is 12.9 Å². The Labute approximate surface area is 151 Å². The molecule has 0 atom stereocenters. The van der Waals surface area contributed by atoms with Crippen molar-refractivity contribution in [1.82, 2.24) is 24.9 Å². The molecule has 0 bridgehead atoms. The van der Waals surface area contributed by atoms with Crippen LogP contribution in [0.4, 0.5) is 0 Å². The van der Waals surface area contributed by atoms with Crippen molar-refractivity contribution < 1.29 is 19.8 Å². The number of carboxylic acid groups (broad SMARTS) is 1. The van der Waals surface area contributed by atoms with E-state index in [9.17, 15) is 14.7 Å². The second-order valence-electron chi connectivity index (χ2n) is 5.71. The van der Waals surface area contributed by atoms with E-state index in [1.165, 1.54) is 10.8 Å². The number of hydrogen-bond donors (Lipinski definition) is 3. The summed E-state index contributed by atoms with van der Waals surface area (Å²) in [5.74, 6) is -2.28. The minimum absolute atomic E-state index is 0.186. The molecule has 0 fully saturated rings. The quantitative estimate of drug-likeness (QED) is 0.500. The van der Waals surface area contributed by atoms with E-state index < -0.39 is 18.4 Å². The highest BCUT2D eigenvalue weighted by Crippen LogP contribution is 2.36. The van der Waals surface area contributed by atoms with Crippen LogP contribution in [0.1, 0.15) is 10.5 Å². The summed E-state index contributed by atoms with van der Waals surface area (Å²) in [5.41, 5.74) is 1.56. The van der Waals surface area contributed by atoms with Crippen LogP contribution in [0.25, 0.3) is 27.7 Å². The zero-order valence-electron chi connectivity index (χ0n) is 13.8. The molecule has 0 radical (unpaired) electrons. The van der Waals surface area contributed by atoms with Crippen LogP contribution >= 0.6 is 0 Å². The maximum absolute atomic E-state index is 12.4. The Morgan fingerprint density at radius 3 is 2.70 bits per heavy atom. The minimum Gasteiger partial charge on any atom is -0.505 e. The highest BCUT2D eigenvalue weighted by Gasteiger charge is 2.23. The lowest BCUT2D eigenvalue weighted by Crippen LogP contribution is -2.31. The van der Waals surface area contributed by atoms with E-state index in [-0.39, 0.29) is 11.4 Å². The zero-order chi connectivity index (χ0) is 19.0. The number of aromatic nitrogens is 4. The van der Waals surface area contributed by atoms with E-state index in [1.54, 1.807) is 24.4 Å². The van der Waals surface area contributed by atoms with Gasteiger partial charge in [0.25, 0.3) is 5.91 Å². The summed E-state index contributed by atoms with van der Waals surface area (Å²) < 4.78 is 1.20. The van der Waals surface area contributed by atoms with Crippen molar-refractivity contribution in [3.8, 4) is 17.0 Å². The molecule has 0 saturated carbocycles. The molecule has 27 heavy (non-hydrogen) atoms. The van der Waals surface area contributed by atoms with Crippen LogP contribution in [-0.2, 0) is 4.79 Å². The number of benzene rings is 1. The number of amides is 1. The third-order valence-corrected chi connectivity index (χ3v) is 4.08. The molecule has 134 valence electrons. The van der Waals surface area contributed by atoms with Crippen molar-refractivity contribution >= 4 is 28.3 Å². The molecule has 0 aliphatic carbocycles. The SMILES string of the molecule is O=C(O)CNC(=O)c1c(O)c2cccc(-c3ccccn3)c2c2ncnn12. The van der Waals surface area contributed by atoms with Crippen molar-refractivity contribution in [2.24, 2.45) is 0 Å². The summed E-state index contributed by atoms with van der Waals surface area (Å²) >= 11 is 0. The van der Waals surface area contributed by atoms with Gasteiger partial charge in [-0.2, -0.15) is 5.10 Å². The van der Waals surface area contributed by atoms with Gasteiger partial charge in [-0.25, -0.2) is 9.50 Å².